The van der Waals surface area contributed by atoms with Crippen molar-refractivity contribution in [2.24, 2.45) is 4.99 Å². The van der Waals surface area contributed by atoms with E-state index in [1.165, 1.54) is 0 Å². The number of carbonyl (C=O) groups excluding carboxylic acids is 3. The summed E-state index contributed by atoms with van der Waals surface area (Å²) in [6, 6.07) is 30.9. The first-order valence-corrected chi connectivity index (χ1v) is 15.3. The lowest BCUT2D eigenvalue weighted by Crippen LogP contribution is -2.49. The number of fused-ring (bicyclic) bond motifs is 1. The highest BCUT2D eigenvalue weighted by molar-refractivity contribution is 6.33. The number of aliphatic imine (C=N–C) groups is 1. The van der Waals surface area contributed by atoms with Gasteiger partial charge in [-0.3, -0.25) is 14.9 Å². The standard InChI is InChI=1S/C35H35ClN6O4/c1-41(22-25-12-4-2-5-13-25)32(44)20-11-21-46-30-19-10-14-26-23-42(24-31(43)38-29-18-9-8-17-28(29)36)34(39-33(26)30)40-35(45)37-27-15-6-3-7-16-27/h2-10,12-19H,11,20-24H2,1H3,(H,38,43)(H2,37,39,40,45). The Kier molecular flexibility index (Phi) is 10.9. The smallest absolute Gasteiger partial charge is 0.326 e. The van der Waals surface area contributed by atoms with Crippen molar-refractivity contribution in [1.29, 1.82) is 0 Å². The maximum Gasteiger partial charge on any atom is 0.326 e. The Morgan fingerprint density at radius 3 is 2.35 bits per heavy atom. The van der Waals surface area contributed by atoms with E-state index in [2.05, 4.69) is 16.0 Å². The van der Waals surface area contributed by atoms with Gasteiger partial charge in [-0.25, -0.2) is 9.79 Å². The molecule has 0 radical (unpaired) electrons. The third-order valence-electron chi connectivity index (χ3n) is 7.18. The third-order valence-corrected chi connectivity index (χ3v) is 7.51. The second-order valence-corrected chi connectivity index (χ2v) is 11.1. The summed E-state index contributed by atoms with van der Waals surface area (Å²) in [5, 5.41) is 8.81. The number of nitrogens with one attached hydrogen (secondary N) is 3. The first-order chi connectivity index (χ1) is 22.4. The summed E-state index contributed by atoms with van der Waals surface area (Å²) >= 11 is 6.24. The lowest BCUT2D eigenvalue weighted by Gasteiger charge is -2.30. The van der Waals surface area contributed by atoms with Gasteiger partial charge in [0.25, 0.3) is 0 Å². The second-order valence-electron chi connectivity index (χ2n) is 10.7. The molecule has 5 rings (SSSR count). The van der Waals surface area contributed by atoms with Crippen molar-refractivity contribution in [3.05, 3.63) is 119 Å². The summed E-state index contributed by atoms with van der Waals surface area (Å²) in [6.45, 7) is 1.04. The fraction of sp³-hybridized carbons (Fsp3) is 0.200. The van der Waals surface area contributed by atoms with E-state index in [0.717, 1.165) is 11.1 Å². The predicted octanol–water partition coefficient (Wildman–Crippen LogP) is 6.42. The number of hydrogen-bond acceptors (Lipinski definition) is 6. The number of benzene rings is 4. The molecule has 236 valence electrons. The highest BCUT2D eigenvalue weighted by atomic mass is 35.5. The minimum absolute atomic E-state index is 0.0298. The first kappa shape index (κ1) is 32.1. The van der Waals surface area contributed by atoms with Gasteiger partial charge in [-0.15, -0.1) is 0 Å². The van der Waals surface area contributed by atoms with Crippen LogP contribution in [0, 0.1) is 0 Å². The molecule has 0 fully saturated rings. The van der Waals surface area contributed by atoms with Gasteiger partial charge in [0.15, 0.2) is 0 Å². The SMILES string of the molecule is CN(Cc1ccccc1)C(=O)CCCOc1cccc2c1N=C(NC(=O)Nc1ccccc1)N(CC(=O)Nc1ccccc1Cl)C2. The molecule has 0 unspecified atom stereocenters. The lowest BCUT2D eigenvalue weighted by molar-refractivity contribution is -0.130. The zero-order valence-electron chi connectivity index (χ0n) is 25.4. The van der Waals surface area contributed by atoms with Crippen LogP contribution in [-0.4, -0.2) is 53.8 Å². The zero-order valence-corrected chi connectivity index (χ0v) is 26.2. The van der Waals surface area contributed by atoms with Gasteiger partial charge in [0.05, 0.1) is 17.3 Å². The number of rotatable bonds is 11. The Morgan fingerprint density at radius 2 is 1.59 bits per heavy atom. The molecule has 46 heavy (non-hydrogen) atoms. The quantitative estimate of drug-likeness (QED) is 0.164. The van der Waals surface area contributed by atoms with Crippen molar-refractivity contribution >= 4 is 52.5 Å². The van der Waals surface area contributed by atoms with Crippen molar-refractivity contribution in [2.75, 3.05) is 30.8 Å². The average Bonchev–Trinajstić information content (AvgIpc) is 3.05. The summed E-state index contributed by atoms with van der Waals surface area (Å²) in [4.78, 5) is 46.8. The van der Waals surface area contributed by atoms with Crippen LogP contribution < -0.4 is 20.7 Å². The molecule has 0 saturated carbocycles. The molecule has 0 atom stereocenters. The number of anilines is 2. The molecule has 4 aromatic rings. The van der Waals surface area contributed by atoms with Gasteiger partial charge < -0.3 is 25.2 Å². The Hall–Kier alpha value is -5.35. The molecular formula is C35H35ClN6O4. The molecule has 1 heterocycles. The van der Waals surface area contributed by atoms with E-state index in [1.807, 2.05) is 60.7 Å². The van der Waals surface area contributed by atoms with Crippen LogP contribution in [0.2, 0.25) is 5.02 Å². The summed E-state index contributed by atoms with van der Waals surface area (Å²) in [5.41, 5.74) is 3.53. The topological polar surface area (TPSA) is 115 Å². The highest BCUT2D eigenvalue weighted by Crippen LogP contribution is 2.35. The molecule has 0 bridgehead atoms. The molecule has 4 aromatic carbocycles. The number of hydrogen-bond donors (Lipinski definition) is 3. The monoisotopic (exact) mass is 638 g/mol. The zero-order chi connectivity index (χ0) is 32.3. The number of amides is 4. The molecule has 0 spiro atoms. The van der Waals surface area contributed by atoms with Crippen molar-refractivity contribution in [1.82, 2.24) is 15.1 Å². The normalized spacial score (nSPS) is 12.0. The van der Waals surface area contributed by atoms with Gasteiger partial charge in [-0.2, -0.15) is 0 Å². The Balaban J connectivity index is 1.26. The van der Waals surface area contributed by atoms with E-state index in [9.17, 15) is 14.4 Å². The van der Waals surface area contributed by atoms with Crippen LogP contribution in [-0.2, 0) is 22.7 Å². The Bertz CT molecular complexity index is 1700. The molecule has 0 aromatic heterocycles. The minimum atomic E-state index is -0.513. The second kappa shape index (κ2) is 15.6. The van der Waals surface area contributed by atoms with Gasteiger partial charge in [-0.1, -0.05) is 84.4 Å². The minimum Gasteiger partial charge on any atom is -0.491 e. The Morgan fingerprint density at radius 1 is 0.870 bits per heavy atom. The molecule has 10 nitrogen and oxygen atoms in total. The van der Waals surface area contributed by atoms with E-state index < -0.39 is 6.03 Å². The van der Waals surface area contributed by atoms with Crippen LogP contribution in [0.1, 0.15) is 24.0 Å². The molecule has 4 amide bonds. The van der Waals surface area contributed by atoms with Crippen LogP contribution in [0.25, 0.3) is 0 Å². The molecule has 11 heteroatoms. The average molecular weight is 639 g/mol. The fourth-order valence-corrected chi connectivity index (χ4v) is 5.07. The highest BCUT2D eigenvalue weighted by Gasteiger charge is 2.26. The number of para-hydroxylation sites is 3. The fourth-order valence-electron chi connectivity index (χ4n) is 4.89. The van der Waals surface area contributed by atoms with Crippen molar-refractivity contribution < 1.29 is 19.1 Å². The molecular weight excluding hydrogens is 604 g/mol. The van der Waals surface area contributed by atoms with Crippen LogP contribution in [0.4, 0.5) is 21.9 Å². The van der Waals surface area contributed by atoms with E-state index in [1.54, 1.807) is 59.3 Å². The number of carbonyl (C=O) groups is 3. The molecule has 0 saturated heterocycles. The summed E-state index contributed by atoms with van der Waals surface area (Å²) < 4.78 is 6.09. The maximum absolute atomic E-state index is 13.1. The third kappa shape index (κ3) is 8.86. The lowest BCUT2D eigenvalue weighted by atomic mass is 10.1. The molecule has 0 aliphatic carbocycles. The summed E-state index contributed by atoms with van der Waals surface area (Å²) in [6.07, 6.45) is 0.854. The van der Waals surface area contributed by atoms with Crippen molar-refractivity contribution in [2.45, 2.75) is 25.9 Å². The van der Waals surface area contributed by atoms with Gasteiger partial charge in [0, 0.05) is 37.8 Å². The predicted molar refractivity (Wildman–Crippen MR) is 180 cm³/mol. The first-order valence-electron chi connectivity index (χ1n) is 14.9. The maximum atomic E-state index is 13.1. The van der Waals surface area contributed by atoms with Gasteiger partial charge in [0.1, 0.15) is 18.0 Å². The summed E-state index contributed by atoms with van der Waals surface area (Å²) in [5.74, 6) is 0.403. The molecule has 3 N–H and O–H groups in total. The van der Waals surface area contributed by atoms with E-state index >= 15 is 0 Å². The van der Waals surface area contributed by atoms with Crippen LogP contribution in [0.15, 0.2) is 108 Å². The largest absolute Gasteiger partial charge is 0.491 e. The molecule has 1 aliphatic heterocycles. The Labute approximate surface area is 273 Å². The van der Waals surface area contributed by atoms with Gasteiger partial charge in [0.2, 0.25) is 17.8 Å². The summed E-state index contributed by atoms with van der Waals surface area (Å²) in [7, 11) is 1.79. The van der Waals surface area contributed by atoms with Gasteiger partial charge >= 0.3 is 6.03 Å². The molecule has 1 aliphatic rings. The number of ether oxygens (including phenoxy) is 1. The van der Waals surface area contributed by atoms with Crippen LogP contribution in [0.3, 0.4) is 0 Å². The number of guanidine groups is 1. The van der Waals surface area contributed by atoms with Crippen LogP contribution >= 0.6 is 11.6 Å². The van der Waals surface area contributed by atoms with Crippen LogP contribution in [0.5, 0.6) is 5.75 Å². The van der Waals surface area contributed by atoms with Crippen molar-refractivity contribution in [3.8, 4) is 5.75 Å². The van der Waals surface area contributed by atoms with E-state index in [0.29, 0.717) is 53.8 Å². The van der Waals surface area contributed by atoms with E-state index in [4.69, 9.17) is 21.3 Å². The van der Waals surface area contributed by atoms with Crippen molar-refractivity contribution in [3.63, 3.8) is 0 Å². The number of nitrogens with zero attached hydrogens (tertiary/aromatic N) is 3. The number of halogens is 1. The van der Waals surface area contributed by atoms with E-state index in [-0.39, 0.29) is 30.9 Å². The van der Waals surface area contributed by atoms with Gasteiger partial charge in [-0.05, 0) is 42.3 Å². The number of urea groups is 1.